The number of fused-ring (bicyclic) bond motifs is 1. The molecule has 0 spiro atoms. The van der Waals surface area contributed by atoms with Gasteiger partial charge in [0.15, 0.2) is 0 Å². The molecule has 2 heterocycles. The van der Waals surface area contributed by atoms with Crippen LogP contribution in [0.25, 0.3) is 0 Å². The number of rotatable bonds is 3. The molecule has 1 aromatic rings. The van der Waals surface area contributed by atoms with Crippen LogP contribution in [0.15, 0.2) is 24.3 Å². The molecule has 5 heteroatoms. The molecule has 2 amide bonds. The lowest BCUT2D eigenvalue weighted by molar-refractivity contribution is -0.167. The van der Waals surface area contributed by atoms with E-state index in [9.17, 15) is 14.7 Å². The Morgan fingerprint density at radius 3 is 2.48 bits per heavy atom. The van der Waals surface area contributed by atoms with Gasteiger partial charge in [0.2, 0.25) is 11.8 Å². The van der Waals surface area contributed by atoms with Crippen LogP contribution >= 0.6 is 0 Å². The van der Waals surface area contributed by atoms with Crippen LogP contribution in [0, 0.1) is 23.7 Å². The number of carbonyl (C=O) groups is 2. The van der Waals surface area contributed by atoms with Gasteiger partial charge >= 0.3 is 0 Å². The quantitative estimate of drug-likeness (QED) is 0.802. The lowest BCUT2D eigenvalue weighted by Crippen LogP contribution is -2.73. The van der Waals surface area contributed by atoms with E-state index in [1.165, 1.54) is 25.7 Å². The van der Waals surface area contributed by atoms with Gasteiger partial charge in [0.05, 0.1) is 25.2 Å². The summed E-state index contributed by atoms with van der Waals surface area (Å²) in [5, 5.41) is 9.91. The molecule has 152 valence electrons. The van der Waals surface area contributed by atoms with E-state index in [-0.39, 0.29) is 48.9 Å². The number of aliphatic hydroxyl groups is 1. The number of hydrogen-bond donors (Lipinski definition) is 1. The van der Waals surface area contributed by atoms with E-state index >= 15 is 0 Å². The van der Waals surface area contributed by atoms with Crippen molar-refractivity contribution in [2.75, 3.05) is 19.7 Å². The first kappa shape index (κ1) is 18.7. The highest BCUT2D eigenvalue weighted by Gasteiger charge is 2.55. The highest BCUT2D eigenvalue weighted by Crippen LogP contribution is 2.43. The topological polar surface area (TPSA) is 60.9 Å². The Morgan fingerprint density at radius 1 is 1.10 bits per heavy atom. The van der Waals surface area contributed by atoms with E-state index < -0.39 is 0 Å². The molecular weight excluding hydrogens is 364 g/mol. The van der Waals surface area contributed by atoms with Crippen molar-refractivity contribution in [1.29, 1.82) is 0 Å². The van der Waals surface area contributed by atoms with E-state index in [2.05, 4.69) is 24.0 Å². The summed E-state index contributed by atoms with van der Waals surface area (Å²) in [6.07, 6.45) is 6.91. The van der Waals surface area contributed by atoms with E-state index in [1.54, 1.807) is 9.80 Å². The molecule has 0 radical (unpaired) electrons. The van der Waals surface area contributed by atoms with E-state index in [4.69, 9.17) is 0 Å². The average Bonchev–Trinajstić information content (AvgIpc) is 3.44. The normalized spacial score (nSPS) is 29.1. The summed E-state index contributed by atoms with van der Waals surface area (Å²) >= 11 is 0. The van der Waals surface area contributed by atoms with Gasteiger partial charge in [-0.05, 0) is 43.4 Å². The summed E-state index contributed by atoms with van der Waals surface area (Å²) in [6, 6.07) is 8.02. The van der Waals surface area contributed by atoms with Gasteiger partial charge in [-0.1, -0.05) is 36.8 Å². The first-order chi connectivity index (χ1) is 14.2. The van der Waals surface area contributed by atoms with Crippen molar-refractivity contribution in [3.05, 3.63) is 35.4 Å². The van der Waals surface area contributed by atoms with Crippen molar-refractivity contribution >= 4 is 11.8 Å². The van der Waals surface area contributed by atoms with Gasteiger partial charge in [-0.3, -0.25) is 9.59 Å². The molecule has 2 saturated carbocycles. The maximum atomic E-state index is 12.6. The summed E-state index contributed by atoms with van der Waals surface area (Å²) in [5.74, 6) is 7.51. The smallest absolute Gasteiger partial charge is 0.242 e. The van der Waals surface area contributed by atoms with Crippen molar-refractivity contribution < 1.29 is 14.7 Å². The number of aliphatic hydroxyl groups excluding tert-OH is 1. The molecule has 2 aliphatic heterocycles. The van der Waals surface area contributed by atoms with Crippen LogP contribution in [0.5, 0.6) is 0 Å². The second-order valence-corrected chi connectivity index (χ2v) is 9.01. The highest BCUT2D eigenvalue weighted by molar-refractivity contribution is 5.89. The summed E-state index contributed by atoms with van der Waals surface area (Å²) in [5.41, 5.74) is 2.13. The monoisotopic (exact) mass is 392 g/mol. The van der Waals surface area contributed by atoms with Gasteiger partial charge in [-0.2, -0.15) is 0 Å². The van der Waals surface area contributed by atoms with Crippen LogP contribution in [0.4, 0.5) is 0 Å². The summed E-state index contributed by atoms with van der Waals surface area (Å²) in [4.78, 5) is 28.7. The second kappa shape index (κ2) is 7.50. The molecule has 0 bridgehead atoms. The van der Waals surface area contributed by atoms with E-state index in [1.807, 2.05) is 12.1 Å². The lowest BCUT2D eigenvalue weighted by atomic mass is 9.73. The van der Waals surface area contributed by atoms with Gasteiger partial charge in [-0.25, -0.2) is 0 Å². The van der Waals surface area contributed by atoms with Gasteiger partial charge in [0, 0.05) is 29.9 Å². The fraction of sp³-hybridized carbons (Fsp3) is 0.583. The summed E-state index contributed by atoms with van der Waals surface area (Å²) < 4.78 is 0. The number of benzene rings is 1. The molecule has 4 aliphatic rings. The number of piperazine rings is 1. The third-order valence-electron chi connectivity index (χ3n) is 7.06. The fourth-order valence-electron chi connectivity index (χ4n) is 5.30. The lowest BCUT2D eigenvalue weighted by Gasteiger charge is -2.58. The molecule has 0 unspecified atom stereocenters. The molecule has 1 N–H and O–H groups in total. The van der Waals surface area contributed by atoms with Crippen LogP contribution in [0.2, 0.25) is 0 Å². The van der Waals surface area contributed by atoms with E-state index in [0.29, 0.717) is 12.5 Å². The third kappa shape index (κ3) is 3.44. The molecule has 2 saturated heterocycles. The zero-order chi connectivity index (χ0) is 20.0. The van der Waals surface area contributed by atoms with Gasteiger partial charge < -0.3 is 14.9 Å². The Bertz CT molecular complexity index is 858. The minimum Gasteiger partial charge on any atom is -0.394 e. The minimum atomic E-state index is -0.193. The predicted octanol–water partition coefficient (Wildman–Crippen LogP) is 2.14. The Balaban J connectivity index is 1.32. The highest BCUT2D eigenvalue weighted by atomic mass is 16.3. The van der Waals surface area contributed by atoms with Crippen LogP contribution < -0.4 is 0 Å². The Hall–Kier alpha value is -2.32. The van der Waals surface area contributed by atoms with E-state index in [0.717, 1.165) is 24.0 Å². The minimum absolute atomic E-state index is 0.0356. The van der Waals surface area contributed by atoms with Crippen molar-refractivity contribution in [1.82, 2.24) is 9.80 Å². The van der Waals surface area contributed by atoms with Crippen molar-refractivity contribution in [2.45, 2.75) is 56.5 Å². The van der Waals surface area contributed by atoms with Crippen molar-refractivity contribution in [3.8, 4) is 11.8 Å². The Labute approximate surface area is 172 Å². The van der Waals surface area contributed by atoms with Crippen LogP contribution in [-0.4, -0.2) is 58.5 Å². The molecule has 4 fully saturated rings. The molecule has 0 aromatic heterocycles. The predicted molar refractivity (Wildman–Crippen MR) is 109 cm³/mol. The largest absolute Gasteiger partial charge is 0.394 e. The molecular formula is C24H28N2O3. The average molecular weight is 392 g/mol. The molecule has 5 nitrogen and oxygen atoms in total. The SMILES string of the molecule is O=C(C1CC1)N1CC(=O)N2[C@H](CO)[C@H](c3ccc(C#CC4CCCC4)cc3)[C@H]2C1. The first-order valence-electron chi connectivity index (χ1n) is 11.0. The zero-order valence-electron chi connectivity index (χ0n) is 16.7. The fourth-order valence-corrected chi connectivity index (χ4v) is 5.30. The molecule has 29 heavy (non-hydrogen) atoms. The number of carbonyl (C=O) groups excluding carboxylic acids is 2. The maximum Gasteiger partial charge on any atom is 0.242 e. The zero-order valence-corrected chi connectivity index (χ0v) is 16.7. The summed E-state index contributed by atoms with van der Waals surface area (Å²) in [7, 11) is 0. The maximum absolute atomic E-state index is 12.6. The van der Waals surface area contributed by atoms with Crippen LogP contribution in [-0.2, 0) is 9.59 Å². The Morgan fingerprint density at radius 2 is 1.83 bits per heavy atom. The molecule has 5 rings (SSSR count). The van der Waals surface area contributed by atoms with Crippen LogP contribution in [0.1, 0.15) is 55.6 Å². The Kier molecular flexibility index (Phi) is 4.83. The van der Waals surface area contributed by atoms with Crippen LogP contribution in [0.3, 0.4) is 0 Å². The molecule has 2 aliphatic carbocycles. The van der Waals surface area contributed by atoms with Gasteiger partial charge in [0.1, 0.15) is 0 Å². The van der Waals surface area contributed by atoms with Gasteiger partial charge in [-0.15, -0.1) is 0 Å². The number of hydrogen-bond acceptors (Lipinski definition) is 3. The van der Waals surface area contributed by atoms with Crippen molar-refractivity contribution in [3.63, 3.8) is 0 Å². The summed E-state index contributed by atoms with van der Waals surface area (Å²) in [6.45, 7) is 0.683. The first-order valence-corrected chi connectivity index (χ1v) is 11.0. The third-order valence-corrected chi connectivity index (χ3v) is 7.06. The molecule has 1 aromatic carbocycles. The standard InChI is InChI=1S/C24H28N2O3/c27-15-21-23(18-9-7-17(8-10-18)6-5-16-3-1-2-4-16)20-13-25(14-22(28)26(20)21)24(29)19-11-12-19/h7-10,16,19-21,23,27H,1-4,11-15H2/t20-,21-,23-/m1/s1. The van der Waals surface area contributed by atoms with Gasteiger partial charge in [0.25, 0.3) is 0 Å². The van der Waals surface area contributed by atoms with Crippen molar-refractivity contribution in [2.24, 2.45) is 11.8 Å². The number of nitrogens with zero attached hydrogens (tertiary/aromatic N) is 2. The number of amides is 2. The molecule has 3 atom stereocenters. The second-order valence-electron chi connectivity index (χ2n) is 9.01.